The smallest absolute Gasteiger partial charge is 0.293 e. The van der Waals surface area contributed by atoms with Crippen molar-refractivity contribution in [3.63, 3.8) is 0 Å². The van der Waals surface area contributed by atoms with Gasteiger partial charge in [0.05, 0.1) is 35.9 Å². The molecule has 40 heavy (non-hydrogen) atoms. The van der Waals surface area contributed by atoms with E-state index in [1.54, 1.807) is 6.20 Å². The van der Waals surface area contributed by atoms with Gasteiger partial charge in [0.15, 0.2) is 0 Å². The molecule has 0 saturated carbocycles. The number of anilines is 2. The molecule has 0 spiro atoms. The van der Waals surface area contributed by atoms with Gasteiger partial charge >= 0.3 is 0 Å². The molecule has 2 aliphatic rings. The van der Waals surface area contributed by atoms with E-state index < -0.39 is 0 Å². The molecule has 0 fully saturated rings. The van der Waals surface area contributed by atoms with E-state index in [4.69, 9.17) is 9.51 Å². The average molecular weight is 542 g/mol. The van der Waals surface area contributed by atoms with Crippen LogP contribution in [0.4, 0.5) is 11.6 Å². The zero-order valence-corrected chi connectivity index (χ0v) is 23.4. The quantitative estimate of drug-likeness (QED) is 0.353. The van der Waals surface area contributed by atoms with Crippen LogP contribution in [0.15, 0.2) is 41.2 Å². The van der Waals surface area contributed by atoms with Gasteiger partial charge in [0.2, 0.25) is 11.8 Å². The number of benzene rings is 1. The minimum Gasteiger partial charge on any atom is -0.342 e. The Labute approximate surface area is 233 Å². The molecule has 1 unspecified atom stereocenters. The summed E-state index contributed by atoms with van der Waals surface area (Å²) in [6.45, 7) is 8.61. The summed E-state index contributed by atoms with van der Waals surface area (Å²) in [6.07, 6.45) is 7.49. The molecule has 0 bridgehead atoms. The molecule has 1 aromatic carbocycles. The summed E-state index contributed by atoms with van der Waals surface area (Å²) >= 11 is 0. The van der Waals surface area contributed by atoms with Crippen LogP contribution in [-0.2, 0) is 24.9 Å². The average Bonchev–Trinajstić information content (AvgIpc) is 3.54. The van der Waals surface area contributed by atoms with E-state index in [0.717, 1.165) is 73.5 Å². The Hall–Kier alpha value is -4.12. The lowest BCUT2D eigenvalue weighted by molar-refractivity contribution is 0.0921. The molecule has 4 aromatic rings. The monoisotopic (exact) mass is 541 g/mol. The number of aryl methyl sites for hydroxylation is 1. The van der Waals surface area contributed by atoms with E-state index in [-0.39, 0.29) is 23.2 Å². The summed E-state index contributed by atoms with van der Waals surface area (Å²) in [5, 5.41) is 14.9. The first-order chi connectivity index (χ1) is 19.2. The minimum atomic E-state index is -0.318. The van der Waals surface area contributed by atoms with Crippen LogP contribution in [0, 0.1) is 0 Å². The maximum Gasteiger partial charge on any atom is 0.293 e. The summed E-state index contributed by atoms with van der Waals surface area (Å²) in [6, 6.07) is 8.17. The van der Waals surface area contributed by atoms with Gasteiger partial charge < -0.3 is 15.2 Å². The Balaban J connectivity index is 1.21. The molecule has 4 heterocycles. The van der Waals surface area contributed by atoms with E-state index in [1.165, 1.54) is 5.56 Å². The van der Waals surface area contributed by atoms with Gasteiger partial charge in [-0.1, -0.05) is 44.5 Å². The zero-order chi connectivity index (χ0) is 27.9. The molecule has 2 N–H and O–H groups in total. The molecule has 208 valence electrons. The minimum absolute atomic E-state index is 0.0692. The van der Waals surface area contributed by atoms with Crippen LogP contribution in [0.2, 0.25) is 0 Å². The highest BCUT2D eigenvalue weighted by Gasteiger charge is 2.27. The van der Waals surface area contributed by atoms with E-state index in [2.05, 4.69) is 61.0 Å². The molecule has 1 amide bonds. The number of carbonyl (C=O) groups excluding carboxylic acids is 1. The lowest BCUT2D eigenvalue weighted by Gasteiger charge is -2.24. The number of hydrogen-bond acceptors (Lipinski definition) is 9. The predicted octanol–water partition coefficient (Wildman–Crippen LogP) is 4.41. The Morgan fingerprint density at radius 3 is 2.83 bits per heavy atom. The predicted molar refractivity (Wildman–Crippen MR) is 150 cm³/mol. The lowest BCUT2D eigenvalue weighted by atomic mass is 9.95. The Morgan fingerprint density at radius 1 is 1.12 bits per heavy atom. The van der Waals surface area contributed by atoms with Crippen molar-refractivity contribution < 1.29 is 9.32 Å². The highest BCUT2D eigenvalue weighted by molar-refractivity contribution is 5.90. The van der Waals surface area contributed by atoms with Gasteiger partial charge in [-0.2, -0.15) is 10.1 Å². The van der Waals surface area contributed by atoms with Crippen molar-refractivity contribution in [2.24, 2.45) is 0 Å². The fourth-order valence-corrected chi connectivity index (χ4v) is 5.31. The molecule has 0 radical (unpaired) electrons. The number of hydrogen-bond donors (Lipinski definition) is 2. The standard InChI is InChI=1S/C29H35N9O2/c1-29(2,3)27-35-25(36-40-27)26(39)32-22-8-6-5-7-18-15-19(9-10-20(18)22)21-11-12-30-28(33-21)34-23-16-31-38-14-13-37(4)17-24(23)38/h9-12,15-16,22H,5-8,13-14,17H2,1-4H3,(H,32,39)(H,30,33,34). The SMILES string of the molecule is CN1CCn2ncc(Nc3nccc(-c4ccc5c(c4)CCCCC5NC(=O)c4noc(C(C)(C)C)n4)n3)c2C1. The highest BCUT2D eigenvalue weighted by atomic mass is 16.5. The van der Waals surface area contributed by atoms with E-state index in [1.807, 2.05) is 37.7 Å². The molecule has 3 aromatic heterocycles. The normalized spacial score (nSPS) is 17.6. The number of likely N-dealkylation sites (N-methyl/N-ethyl adjacent to an activating group) is 1. The van der Waals surface area contributed by atoms with Crippen LogP contribution in [0.1, 0.15) is 79.4 Å². The molecule has 0 saturated heterocycles. The molecule has 11 nitrogen and oxygen atoms in total. The van der Waals surface area contributed by atoms with Crippen LogP contribution in [-0.4, -0.2) is 54.3 Å². The highest BCUT2D eigenvalue weighted by Crippen LogP contribution is 2.32. The first-order valence-corrected chi connectivity index (χ1v) is 13.9. The zero-order valence-electron chi connectivity index (χ0n) is 23.4. The van der Waals surface area contributed by atoms with E-state index >= 15 is 0 Å². The summed E-state index contributed by atoms with van der Waals surface area (Å²) in [4.78, 5) is 28.9. The molecule has 11 heteroatoms. The topological polar surface area (TPSA) is 127 Å². The van der Waals surface area contributed by atoms with Crippen LogP contribution in [0.25, 0.3) is 11.3 Å². The van der Waals surface area contributed by atoms with Gasteiger partial charge in [0.1, 0.15) is 0 Å². The van der Waals surface area contributed by atoms with Crippen molar-refractivity contribution >= 4 is 17.5 Å². The van der Waals surface area contributed by atoms with Crippen LogP contribution >= 0.6 is 0 Å². The second-order valence-corrected chi connectivity index (χ2v) is 11.7. The Morgan fingerprint density at radius 2 is 2.00 bits per heavy atom. The van der Waals surface area contributed by atoms with Gasteiger partial charge in [0, 0.05) is 30.3 Å². The number of carbonyl (C=O) groups is 1. The summed E-state index contributed by atoms with van der Waals surface area (Å²) in [7, 11) is 2.11. The summed E-state index contributed by atoms with van der Waals surface area (Å²) < 4.78 is 7.36. The summed E-state index contributed by atoms with van der Waals surface area (Å²) in [5.41, 5.74) is 5.94. The summed E-state index contributed by atoms with van der Waals surface area (Å²) in [5.74, 6) is 0.736. The van der Waals surface area contributed by atoms with Gasteiger partial charge in [0.25, 0.3) is 11.7 Å². The first kappa shape index (κ1) is 26.1. The second kappa shape index (κ2) is 10.5. The maximum absolute atomic E-state index is 13.0. The van der Waals surface area contributed by atoms with Crippen LogP contribution in [0.5, 0.6) is 0 Å². The van der Waals surface area contributed by atoms with Gasteiger partial charge in [-0.3, -0.25) is 14.4 Å². The third-order valence-electron chi connectivity index (χ3n) is 7.54. The van der Waals surface area contributed by atoms with Crippen molar-refractivity contribution in [2.45, 2.75) is 71.0 Å². The van der Waals surface area contributed by atoms with E-state index in [0.29, 0.717) is 11.8 Å². The van der Waals surface area contributed by atoms with Gasteiger partial charge in [-0.05, 0) is 49.6 Å². The number of nitrogens with one attached hydrogen (secondary N) is 2. The van der Waals surface area contributed by atoms with E-state index in [9.17, 15) is 4.79 Å². The molecule has 1 aliphatic heterocycles. The van der Waals surface area contributed by atoms with Gasteiger partial charge in [-0.15, -0.1) is 0 Å². The molecular formula is C29H35N9O2. The maximum atomic E-state index is 13.0. The van der Waals surface area contributed by atoms with Gasteiger partial charge in [-0.25, -0.2) is 9.97 Å². The fraction of sp³-hybridized carbons (Fsp3) is 0.448. The van der Waals surface area contributed by atoms with Crippen molar-refractivity contribution in [1.82, 2.24) is 40.1 Å². The third kappa shape index (κ3) is 5.33. The number of rotatable bonds is 5. The van der Waals surface area contributed by atoms with Crippen molar-refractivity contribution in [3.05, 3.63) is 65.2 Å². The van der Waals surface area contributed by atoms with Crippen molar-refractivity contribution in [3.8, 4) is 11.3 Å². The number of aromatic nitrogens is 6. The Kier molecular flexibility index (Phi) is 6.83. The molecular weight excluding hydrogens is 506 g/mol. The fourth-order valence-electron chi connectivity index (χ4n) is 5.31. The van der Waals surface area contributed by atoms with Crippen LogP contribution in [0.3, 0.4) is 0 Å². The number of amides is 1. The number of nitrogens with zero attached hydrogens (tertiary/aromatic N) is 7. The number of fused-ring (bicyclic) bond motifs is 2. The third-order valence-corrected chi connectivity index (χ3v) is 7.54. The first-order valence-electron chi connectivity index (χ1n) is 13.9. The second-order valence-electron chi connectivity index (χ2n) is 11.7. The van der Waals surface area contributed by atoms with Crippen molar-refractivity contribution in [1.29, 1.82) is 0 Å². The largest absolute Gasteiger partial charge is 0.342 e. The molecule has 1 aliphatic carbocycles. The molecule has 6 rings (SSSR count). The lowest BCUT2D eigenvalue weighted by Crippen LogP contribution is -2.30. The van der Waals surface area contributed by atoms with Crippen molar-refractivity contribution in [2.75, 3.05) is 18.9 Å². The molecule has 1 atom stereocenters. The van der Waals surface area contributed by atoms with Crippen LogP contribution < -0.4 is 10.6 Å². The Bertz CT molecular complexity index is 1530.